The molecule has 0 radical (unpaired) electrons. The zero-order valence-corrected chi connectivity index (χ0v) is 14.6. The van der Waals surface area contributed by atoms with Crippen LogP contribution in [-0.4, -0.2) is 18.0 Å². The molecule has 134 valence electrons. The van der Waals surface area contributed by atoms with Gasteiger partial charge in [-0.2, -0.15) is 0 Å². The van der Waals surface area contributed by atoms with Crippen molar-refractivity contribution in [2.45, 2.75) is 13.2 Å². The van der Waals surface area contributed by atoms with Crippen LogP contribution in [0.3, 0.4) is 0 Å². The Morgan fingerprint density at radius 3 is 2.11 bits per heavy atom. The highest BCUT2D eigenvalue weighted by molar-refractivity contribution is 6.18. The second-order valence-corrected chi connectivity index (χ2v) is 6.21. The van der Waals surface area contributed by atoms with E-state index in [0.717, 1.165) is 11.1 Å². The molecule has 2 aromatic rings. The molecule has 0 fully saturated rings. The molecule has 1 heterocycles. The Labute approximate surface area is 157 Å². The van der Waals surface area contributed by atoms with Crippen LogP contribution in [0, 0.1) is 5.92 Å². The van der Waals surface area contributed by atoms with Gasteiger partial charge in [-0.15, -0.1) is 0 Å². The predicted octanol–water partition coefficient (Wildman–Crippen LogP) is 3.83. The van der Waals surface area contributed by atoms with E-state index in [2.05, 4.69) is 9.98 Å². The Bertz CT molecular complexity index is 944. The van der Waals surface area contributed by atoms with E-state index in [4.69, 9.17) is 9.47 Å². The van der Waals surface area contributed by atoms with Crippen molar-refractivity contribution < 1.29 is 14.3 Å². The lowest BCUT2D eigenvalue weighted by atomic mass is 9.93. The molecule has 2 aromatic carbocycles. The molecule has 0 saturated carbocycles. The Kier molecular flexibility index (Phi) is 4.92. The number of fused-ring (bicyclic) bond motifs is 1. The first kappa shape index (κ1) is 17.0. The molecule has 1 atom stereocenters. The maximum atomic E-state index is 12.3. The van der Waals surface area contributed by atoms with Crippen LogP contribution >= 0.6 is 0 Å². The highest BCUT2D eigenvalue weighted by Gasteiger charge is 2.34. The summed E-state index contributed by atoms with van der Waals surface area (Å²) >= 11 is 0. The first-order valence-corrected chi connectivity index (χ1v) is 8.70. The van der Waals surface area contributed by atoms with E-state index in [0.29, 0.717) is 30.4 Å². The SMILES string of the molecule is O=C1N=CN=C2C=C(OCc3ccccc3)C=C(OCc3ccccc3)C12. The maximum Gasteiger partial charge on any atom is 0.263 e. The van der Waals surface area contributed by atoms with Crippen LogP contribution < -0.4 is 0 Å². The number of benzene rings is 2. The Balaban J connectivity index is 1.53. The van der Waals surface area contributed by atoms with Gasteiger partial charge in [-0.25, -0.2) is 9.98 Å². The Hall–Kier alpha value is -3.47. The normalized spacial score (nSPS) is 18.1. The van der Waals surface area contributed by atoms with Crippen molar-refractivity contribution in [2.75, 3.05) is 0 Å². The van der Waals surface area contributed by atoms with E-state index >= 15 is 0 Å². The summed E-state index contributed by atoms with van der Waals surface area (Å²) in [5.74, 6) is 0.227. The van der Waals surface area contributed by atoms with E-state index in [1.54, 1.807) is 12.2 Å². The first-order chi connectivity index (χ1) is 13.3. The van der Waals surface area contributed by atoms with Crippen LogP contribution in [0.2, 0.25) is 0 Å². The molecule has 1 unspecified atom stereocenters. The minimum absolute atomic E-state index is 0.280. The largest absolute Gasteiger partial charge is 0.492 e. The average Bonchev–Trinajstić information content (AvgIpc) is 2.72. The lowest BCUT2D eigenvalue weighted by molar-refractivity contribution is -0.119. The zero-order valence-electron chi connectivity index (χ0n) is 14.6. The van der Waals surface area contributed by atoms with Gasteiger partial charge in [0, 0.05) is 12.2 Å². The minimum Gasteiger partial charge on any atom is -0.492 e. The third kappa shape index (κ3) is 4.03. The fourth-order valence-corrected chi connectivity index (χ4v) is 2.92. The monoisotopic (exact) mass is 358 g/mol. The van der Waals surface area contributed by atoms with Gasteiger partial charge in [0.1, 0.15) is 37.0 Å². The molecule has 0 bridgehead atoms. The van der Waals surface area contributed by atoms with Crippen LogP contribution in [0.4, 0.5) is 0 Å². The summed E-state index contributed by atoms with van der Waals surface area (Å²) in [6.07, 6.45) is 4.81. The van der Waals surface area contributed by atoms with Crippen LogP contribution in [0.1, 0.15) is 11.1 Å². The smallest absolute Gasteiger partial charge is 0.263 e. The summed E-state index contributed by atoms with van der Waals surface area (Å²) < 4.78 is 11.9. The third-order valence-corrected chi connectivity index (χ3v) is 4.29. The number of rotatable bonds is 6. The number of hydrogen-bond acceptors (Lipinski definition) is 4. The van der Waals surface area contributed by atoms with Crippen LogP contribution in [-0.2, 0) is 27.5 Å². The van der Waals surface area contributed by atoms with Crippen molar-refractivity contribution >= 4 is 18.0 Å². The van der Waals surface area contributed by atoms with Gasteiger partial charge in [-0.05, 0) is 11.1 Å². The van der Waals surface area contributed by atoms with Gasteiger partial charge in [0.2, 0.25) is 0 Å². The van der Waals surface area contributed by atoms with Gasteiger partial charge in [0.25, 0.3) is 5.91 Å². The van der Waals surface area contributed by atoms with Gasteiger partial charge >= 0.3 is 0 Å². The molecular weight excluding hydrogens is 340 g/mol. The highest BCUT2D eigenvalue weighted by Crippen LogP contribution is 2.28. The number of amides is 1. The van der Waals surface area contributed by atoms with E-state index < -0.39 is 5.92 Å². The number of allylic oxidation sites excluding steroid dienone is 2. The molecule has 5 heteroatoms. The van der Waals surface area contributed by atoms with Gasteiger partial charge in [-0.1, -0.05) is 60.7 Å². The topological polar surface area (TPSA) is 60.2 Å². The molecule has 4 rings (SSSR count). The number of hydrogen-bond donors (Lipinski definition) is 0. The molecule has 1 amide bonds. The zero-order chi connectivity index (χ0) is 18.5. The lowest BCUT2D eigenvalue weighted by Crippen LogP contribution is -2.30. The number of carbonyl (C=O) groups is 1. The molecule has 0 spiro atoms. The summed E-state index contributed by atoms with van der Waals surface area (Å²) in [5, 5.41) is 0. The van der Waals surface area contributed by atoms with E-state index in [9.17, 15) is 4.79 Å². The van der Waals surface area contributed by atoms with Crippen molar-refractivity contribution in [3.05, 3.63) is 95.5 Å². The fourth-order valence-electron chi connectivity index (χ4n) is 2.92. The summed E-state index contributed by atoms with van der Waals surface area (Å²) in [4.78, 5) is 20.3. The van der Waals surface area contributed by atoms with Crippen molar-refractivity contribution in [3.63, 3.8) is 0 Å². The average molecular weight is 358 g/mol. The number of ether oxygens (including phenoxy) is 2. The summed E-state index contributed by atoms with van der Waals surface area (Å²) in [7, 11) is 0. The summed E-state index contributed by atoms with van der Waals surface area (Å²) in [5.41, 5.74) is 2.66. The molecule has 27 heavy (non-hydrogen) atoms. The number of nitrogens with zero attached hydrogens (tertiary/aromatic N) is 2. The van der Waals surface area contributed by atoms with Gasteiger partial charge < -0.3 is 9.47 Å². The number of carbonyl (C=O) groups excluding carboxylic acids is 1. The van der Waals surface area contributed by atoms with Gasteiger partial charge in [-0.3, -0.25) is 4.79 Å². The molecule has 2 aliphatic rings. The van der Waals surface area contributed by atoms with Crippen LogP contribution in [0.5, 0.6) is 0 Å². The molecule has 0 N–H and O–H groups in total. The lowest BCUT2D eigenvalue weighted by Gasteiger charge is -2.24. The quantitative estimate of drug-likeness (QED) is 0.788. The van der Waals surface area contributed by atoms with Crippen LogP contribution in [0.25, 0.3) is 0 Å². The predicted molar refractivity (Wildman–Crippen MR) is 103 cm³/mol. The van der Waals surface area contributed by atoms with Crippen molar-refractivity contribution in [1.82, 2.24) is 0 Å². The van der Waals surface area contributed by atoms with Crippen molar-refractivity contribution in [3.8, 4) is 0 Å². The van der Waals surface area contributed by atoms with Gasteiger partial charge in [0.15, 0.2) is 0 Å². The second-order valence-electron chi connectivity index (χ2n) is 6.21. The Morgan fingerprint density at radius 2 is 1.44 bits per heavy atom. The fraction of sp³-hybridized carbons (Fsp3) is 0.136. The molecule has 1 aliphatic carbocycles. The minimum atomic E-state index is -0.609. The van der Waals surface area contributed by atoms with Crippen molar-refractivity contribution in [1.29, 1.82) is 0 Å². The van der Waals surface area contributed by atoms with Crippen LogP contribution in [0.15, 0.2) is 94.3 Å². The first-order valence-electron chi connectivity index (χ1n) is 8.70. The Morgan fingerprint density at radius 1 is 0.815 bits per heavy atom. The summed E-state index contributed by atoms with van der Waals surface area (Å²) in [6.45, 7) is 0.786. The van der Waals surface area contributed by atoms with E-state index in [1.165, 1.54) is 6.34 Å². The van der Waals surface area contributed by atoms with Crippen molar-refractivity contribution in [2.24, 2.45) is 15.9 Å². The second kappa shape index (κ2) is 7.83. The molecule has 5 nitrogen and oxygen atoms in total. The molecule has 0 saturated heterocycles. The number of aliphatic imine (C=N–C) groups is 2. The molecular formula is C22H18N2O3. The maximum absolute atomic E-state index is 12.3. The summed E-state index contributed by atoms with van der Waals surface area (Å²) in [6, 6.07) is 19.7. The standard InChI is InChI=1S/C22H18N2O3/c25-22-21-19(23-15-24-22)11-18(26-13-16-7-3-1-4-8-16)12-20(21)27-14-17-9-5-2-6-10-17/h1-12,15,21H,13-14H2. The molecule has 1 aliphatic heterocycles. The van der Waals surface area contributed by atoms with Gasteiger partial charge in [0.05, 0.1) is 5.71 Å². The highest BCUT2D eigenvalue weighted by atomic mass is 16.5. The third-order valence-electron chi connectivity index (χ3n) is 4.29. The molecule has 0 aromatic heterocycles. The van der Waals surface area contributed by atoms with E-state index in [-0.39, 0.29) is 5.91 Å². The van der Waals surface area contributed by atoms with E-state index in [1.807, 2.05) is 60.7 Å².